The van der Waals surface area contributed by atoms with Crippen LogP contribution in [-0.4, -0.2) is 18.5 Å². The highest BCUT2D eigenvalue weighted by molar-refractivity contribution is 7.11. The number of nitrogens with one attached hydrogen (secondary N) is 2. The molecule has 15 heavy (non-hydrogen) atoms. The number of carbonyl (C=O) groups excluding carboxylic acids is 1. The molecule has 1 aliphatic heterocycles. The van der Waals surface area contributed by atoms with Gasteiger partial charge >= 0.3 is 0 Å². The van der Waals surface area contributed by atoms with Crippen molar-refractivity contribution in [2.75, 3.05) is 6.54 Å². The quantitative estimate of drug-likeness (QED) is 0.815. The standard InChI is InChI=1S/C11H16N2OS/c1-8-2-4-10(15-8)7-12-9-3-5-11(14)13-6-9/h2,4,9,12H,3,5-7H2,1H3,(H,13,14). The van der Waals surface area contributed by atoms with Gasteiger partial charge in [0.1, 0.15) is 0 Å². The Balaban J connectivity index is 1.76. The van der Waals surface area contributed by atoms with Crippen LogP contribution in [0.5, 0.6) is 0 Å². The average Bonchev–Trinajstić information content (AvgIpc) is 2.64. The van der Waals surface area contributed by atoms with E-state index in [4.69, 9.17) is 0 Å². The van der Waals surface area contributed by atoms with Crippen molar-refractivity contribution in [2.24, 2.45) is 0 Å². The van der Waals surface area contributed by atoms with E-state index in [1.807, 2.05) is 11.3 Å². The minimum Gasteiger partial charge on any atom is -0.355 e. The summed E-state index contributed by atoms with van der Waals surface area (Å²) in [5.74, 6) is 0.181. The molecule has 3 nitrogen and oxygen atoms in total. The Morgan fingerprint density at radius 3 is 3.07 bits per heavy atom. The average molecular weight is 224 g/mol. The van der Waals surface area contributed by atoms with Gasteiger partial charge in [0.05, 0.1) is 0 Å². The third kappa shape index (κ3) is 3.04. The summed E-state index contributed by atoms with van der Waals surface area (Å²) in [5, 5.41) is 6.34. The molecule has 2 N–H and O–H groups in total. The van der Waals surface area contributed by atoms with Crippen molar-refractivity contribution in [3.05, 3.63) is 21.9 Å². The van der Waals surface area contributed by atoms with Gasteiger partial charge in [0, 0.05) is 35.3 Å². The summed E-state index contributed by atoms with van der Waals surface area (Å²) < 4.78 is 0. The van der Waals surface area contributed by atoms with Gasteiger partial charge in [-0.2, -0.15) is 0 Å². The van der Waals surface area contributed by atoms with Crippen LogP contribution in [0.4, 0.5) is 0 Å². The van der Waals surface area contributed by atoms with Crippen molar-refractivity contribution in [1.29, 1.82) is 0 Å². The van der Waals surface area contributed by atoms with E-state index in [1.165, 1.54) is 9.75 Å². The van der Waals surface area contributed by atoms with Crippen molar-refractivity contribution in [1.82, 2.24) is 10.6 Å². The van der Waals surface area contributed by atoms with E-state index in [2.05, 4.69) is 29.7 Å². The second kappa shape index (κ2) is 4.77. The molecule has 1 amide bonds. The molecule has 0 spiro atoms. The first-order chi connectivity index (χ1) is 7.24. The summed E-state index contributed by atoms with van der Waals surface area (Å²) in [5.41, 5.74) is 0. The van der Waals surface area contributed by atoms with Crippen molar-refractivity contribution in [3.63, 3.8) is 0 Å². The van der Waals surface area contributed by atoms with Gasteiger partial charge in [-0.3, -0.25) is 4.79 Å². The zero-order valence-electron chi connectivity index (χ0n) is 8.88. The molecule has 1 unspecified atom stereocenters. The van der Waals surface area contributed by atoms with Crippen molar-refractivity contribution < 1.29 is 4.79 Å². The summed E-state index contributed by atoms with van der Waals surface area (Å²) in [6.45, 7) is 3.80. The van der Waals surface area contributed by atoms with Crippen molar-refractivity contribution >= 4 is 17.2 Å². The molecule has 1 aromatic rings. The van der Waals surface area contributed by atoms with Crippen LogP contribution in [-0.2, 0) is 11.3 Å². The maximum absolute atomic E-state index is 10.9. The number of aryl methyl sites for hydroxylation is 1. The van der Waals surface area contributed by atoms with Gasteiger partial charge in [-0.05, 0) is 25.5 Å². The topological polar surface area (TPSA) is 41.1 Å². The number of amides is 1. The summed E-state index contributed by atoms with van der Waals surface area (Å²) in [6.07, 6.45) is 1.61. The monoisotopic (exact) mass is 224 g/mol. The summed E-state index contributed by atoms with van der Waals surface area (Å²) >= 11 is 1.83. The van der Waals surface area contributed by atoms with Crippen molar-refractivity contribution in [2.45, 2.75) is 32.4 Å². The molecule has 0 saturated carbocycles. The van der Waals surface area contributed by atoms with E-state index in [-0.39, 0.29) is 5.91 Å². The Morgan fingerprint density at radius 1 is 1.60 bits per heavy atom. The van der Waals surface area contributed by atoms with Crippen LogP contribution in [0.1, 0.15) is 22.6 Å². The smallest absolute Gasteiger partial charge is 0.220 e. The SMILES string of the molecule is Cc1ccc(CNC2CCC(=O)NC2)s1. The summed E-state index contributed by atoms with van der Waals surface area (Å²) in [4.78, 5) is 13.7. The molecule has 0 radical (unpaired) electrons. The molecule has 1 fully saturated rings. The Bertz CT molecular complexity index is 338. The minimum absolute atomic E-state index is 0.181. The molecule has 4 heteroatoms. The zero-order valence-corrected chi connectivity index (χ0v) is 9.69. The molecule has 0 bridgehead atoms. The summed E-state index contributed by atoms with van der Waals surface area (Å²) in [7, 11) is 0. The molecule has 0 aliphatic carbocycles. The number of hydrogen-bond acceptors (Lipinski definition) is 3. The lowest BCUT2D eigenvalue weighted by molar-refractivity contribution is -0.122. The first kappa shape index (κ1) is 10.6. The lowest BCUT2D eigenvalue weighted by Crippen LogP contribution is -2.45. The first-order valence-corrected chi connectivity index (χ1v) is 6.11. The molecule has 82 valence electrons. The third-order valence-electron chi connectivity index (χ3n) is 2.63. The van der Waals surface area contributed by atoms with E-state index in [9.17, 15) is 4.79 Å². The Hall–Kier alpha value is -0.870. The number of rotatable bonds is 3. The predicted octanol–water partition coefficient (Wildman–Crippen LogP) is 1.42. The third-order valence-corrected chi connectivity index (χ3v) is 3.63. The highest BCUT2D eigenvalue weighted by Gasteiger charge is 2.16. The lowest BCUT2D eigenvalue weighted by atomic mass is 10.1. The fourth-order valence-corrected chi connectivity index (χ4v) is 2.57. The molecule has 1 aromatic heterocycles. The van der Waals surface area contributed by atoms with Gasteiger partial charge in [-0.25, -0.2) is 0 Å². The van der Waals surface area contributed by atoms with Gasteiger partial charge in [0.25, 0.3) is 0 Å². The van der Waals surface area contributed by atoms with Crippen molar-refractivity contribution in [3.8, 4) is 0 Å². The maximum atomic E-state index is 10.9. The van der Waals surface area contributed by atoms with Gasteiger partial charge in [0.15, 0.2) is 0 Å². The largest absolute Gasteiger partial charge is 0.355 e. The van der Waals surface area contributed by atoms with E-state index < -0.39 is 0 Å². The maximum Gasteiger partial charge on any atom is 0.220 e. The van der Waals surface area contributed by atoms with Crippen LogP contribution in [0, 0.1) is 6.92 Å². The van der Waals surface area contributed by atoms with Crippen LogP contribution in [0.25, 0.3) is 0 Å². The fourth-order valence-electron chi connectivity index (χ4n) is 1.73. The molecule has 1 aliphatic rings. The number of hydrogen-bond donors (Lipinski definition) is 2. The molecule has 2 heterocycles. The fraction of sp³-hybridized carbons (Fsp3) is 0.545. The minimum atomic E-state index is 0.181. The number of thiophene rings is 1. The normalized spacial score (nSPS) is 21.4. The van der Waals surface area contributed by atoms with Gasteiger partial charge < -0.3 is 10.6 Å². The molecule has 1 atom stereocenters. The summed E-state index contributed by atoms with van der Waals surface area (Å²) in [6, 6.07) is 4.74. The van der Waals surface area contributed by atoms with Gasteiger partial charge in [-0.15, -0.1) is 11.3 Å². The van der Waals surface area contributed by atoms with E-state index >= 15 is 0 Å². The van der Waals surface area contributed by atoms with Crippen LogP contribution in [0.3, 0.4) is 0 Å². The molecule has 2 rings (SSSR count). The van der Waals surface area contributed by atoms with Crippen LogP contribution in [0.15, 0.2) is 12.1 Å². The molecule has 0 aromatic carbocycles. The second-order valence-corrected chi connectivity index (χ2v) is 5.31. The molecule has 1 saturated heterocycles. The molecular formula is C11H16N2OS. The van der Waals surface area contributed by atoms with E-state index in [0.29, 0.717) is 12.5 Å². The number of carbonyl (C=O) groups is 1. The van der Waals surface area contributed by atoms with Crippen LogP contribution < -0.4 is 10.6 Å². The Morgan fingerprint density at radius 2 is 2.47 bits per heavy atom. The van der Waals surface area contributed by atoms with Crippen LogP contribution >= 0.6 is 11.3 Å². The van der Waals surface area contributed by atoms with E-state index in [1.54, 1.807) is 0 Å². The predicted molar refractivity (Wildman–Crippen MR) is 61.9 cm³/mol. The zero-order chi connectivity index (χ0) is 10.7. The van der Waals surface area contributed by atoms with Gasteiger partial charge in [-0.1, -0.05) is 0 Å². The molecular weight excluding hydrogens is 208 g/mol. The first-order valence-electron chi connectivity index (χ1n) is 5.29. The Labute approximate surface area is 93.9 Å². The highest BCUT2D eigenvalue weighted by Crippen LogP contribution is 2.15. The second-order valence-electron chi connectivity index (χ2n) is 3.93. The Kier molecular flexibility index (Phi) is 3.38. The van der Waals surface area contributed by atoms with Gasteiger partial charge in [0.2, 0.25) is 5.91 Å². The van der Waals surface area contributed by atoms with E-state index in [0.717, 1.165) is 19.5 Å². The lowest BCUT2D eigenvalue weighted by Gasteiger charge is -2.23. The highest BCUT2D eigenvalue weighted by atomic mass is 32.1. The number of piperidine rings is 1. The van der Waals surface area contributed by atoms with Crippen LogP contribution in [0.2, 0.25) is 0 Å².